The summed E-state index contributed by atoms with van der Waals surface area (Å²) in [5.41, 5.74) is 4.54. The Morgan fingerprint density at radius 2 is 2.40 bits per heavy atom. The van der Waals surface area contributed by atoms with Crippen LogP contribution < -0.4 is 5.73 Å². The maximum absolute atomic E-state index is 12.3. The second-order valence-electron chi connectivity index (χ2n) is 1.61. The molecule has 0 aliphatic heterocycles. The van der Waals surface area contributed by atoms with Gasteiger partial charge in [-0.3, -0.25) is 10.5 Å². The molecule has 0 radical (unpaired) electrons. The zero-order valence-electron chi connectivity index (χ0n) is 5.46. The van der Waals surface area contributed by atoms with Crippen molar-refractivity contribution >= 4 is 12.3 Å². The van der Waals surface area contributed by atoms with Gasteiger partial charge in [0, 0.05) is 0 Å². The van der Waals surface area contributed by atoms with Gasteiger partial charge in [0.1, 0.15) is 0 Å². The number of carbonyl (C=O) groups excluding carboxylic acids is 2. The Balaban J connectivity index is 4.04. The highest BCUT2D eigenvalue weighted by Crippen LogP contribution is 2.00. The van der Waals surface area contributed by atoms with E-state index >= 15 is 0 Å². The van der Waals surface area contributed by atoms with E-state index in [0.717, 1.165) is 0 Å². The number of alkyl halides is 1. The lowest BCUT2D eigenvalue weighted by molar-refractivity contribution is -0.158. The van der Waals surface area contributed by atoms with Crippen molar-refractivity contribution in [2.45, 2.75) is 12.7 Å². The summed E-state index contributed by atoms with van der Waals surface area (Å²) in [6.07, 6.45) is -0.301. The molecule has 0 aromatic carbocycles. The third-order valence-electron chi connectivity index (χ3n) is 0.760. The number of aldehydes is 1. The SMILES string of the molecule is CCOC(=O)C(N)(F)C=O. The summed E-state index contributed by atoms with van der Waals surface area (Å²) < 4.78 is 16.5. The minimum Gasteiger partial charge on any atom is -0.462 e. The summed E-state index contributed by atoms with van der Waals surface area (Å²) in [5.74, 6) is -4.35. The average Bonchev–Trinajstić information content (AvgIpc) is 1.89. The minimum absolute atomic E-state index is 0.00442. The molecule has 0 heterocycles. The molecule has 0 spiro atoms. The van der Waals surface area contributed by atoms with Gasteiger partial charge in [-0.2, -0.15) is 0 Å². The molecule has 1 unspecified atom stereocenters. The molecule has 0 aromatic rings. The number of nitrogens with two attached hydrogens (primary N) is 1. The van der Waals surface area contributed by atoms with Crippen LogP contribution in [0.4, 0.5) is 4.39 Å². The van der Waals surface area contributed by atoms with Crippen molar-refractivity contribution < 1.29 is 18.7 Å². The van der Waals surface area contributed by atoms with Gasteiger partial charge >= 0.3 is 11.8 Å². The van der Waals surface area contributed by atoms with Crippen molar-refractivity contribution in [3.05, 3.63) is 0 Å². The third-order valence-corrected chi connectivity index (χ3v) is 0.760. The summed E-state index contributed by atoms with van der Waals surface area (Å²) in [6, 6.07) is 0. The zero-order chi connectivity index (χ0) is 8.20. The van der Waals surface area contributed by atoms with E-state index in [2.05, 4.69) is 10.5 Å². The van der Waals surface area contributed by atoms with Crippen molar-refractivity contribution in [2.75, 3.05) is 6.61 Å². The smallest absolute Gasteiger partial charge is 0.366 e. The monoisotopic (exact) mass is 149 g/mol. The molecule has 10 heavy (non-hydrogen) atoms. The van der Waals surface area contributed by atoms with Crippen LogP contribution in [0.3, 0.4) is 0 Å². The van der Waals surface area contributed by atoms with E-state index in [1.165, 1.54) is 6.92 Å². The first-order valence-electron chi connectivity index (χ1n) is 2.66. The van der Waals surface area contributed by atoms with Gasteiger partial charge in [0.15, 0.2) is 6.29 Å². The number of ether oxygens (including phenoxy) is 1. The lowest BCUT2D eigenvalue weighted by Crippen LogP contribution is -2.46. The lowest BCUT2D eigenvalue weighted by atomic mass is 10.3. The fourth-order valence-corrected chi connectivity index (χ4v) is 0.290. The predicted octanol–water partition coefficient (Wildman–Crippen LogP) is -0.627. The molecule has 0 aromatic heterocycles. The summed E-state index contributed by atoms with van der Waals surface area (Å²) >= 11 is 0. The fraction of sp³-hybridized carbons (Fsp3) is 0.600. The Morgan fingerprint density at radius 1 is 1.90 bits per heavy atom. The van der Waals surface area contributed by atoms with Crippen molar-refractivity contribution in [3.8, 4) is 0 Å². The Labute approximate surface area is 57.1 Å². The van der Waals surface area contributed by atoms with Crippen LogP contribution in [0, 0.1) is 0 Å². The quantitative estimate of drug-likeness (QED) is 0.251. The van der Waals surface area contributed by atoms with Gasteiger partial charge in [0.25, 0.3) is 0 Å². The second-order valence-corrected chi connectivity index (χ2v) is 1.61. The molecule has 1 atom stereocenters. The topological polar surface area (TPSA) is 69.4 Å². The van der Waals surface area contributed by atoms with Gasteiger partial charge < -0.3 is 4.74 Å². The first-order chi connectivity index (χ1) is 4.54. The highest BCUT2D eigenvalue weighted by atomic mass is 19.1. The van der Waals surface area contributed by atoms with Crippen LogP contribution in [0.2, 0.25) is 0 Å². The molecule has 0 saturated heterocycles. The van der Waals surface area contributed by atoms with Crippen molar-refractivity contribution in [1.82, 2.24) is 0 Å². The molecule has 0 saturated carbocycles. The summed E-state index contributed by atoms with van der Waals surface area (Å²) in [5, 5.41) is 0. The van der Waals surface area contributed by atoms with Crippen LogP contribution in [0.15, 0.2) is 0 Å². The summed E-state index contributed by atoms with van der Waals surface area (Å²) in [4.78, 5) is 20.1. The van der Waals surface area contributed by atoms with E-state index in [9.17, 15) is 14.0 Å². The Kier molecular flexibility index (Phi) is 2.95. The Bertz CT molecular complexity index is 146. The van der Waals surface area contributed by atoms with E-state index in [-0.39, 0.29) is 12.9 Å². The van der Waals surface area contributed by atoms with Gasteiger partial charge in [0.2, 0.25) is 0 Å². The van der Waals surface area contributed by atoms with E-state index in [1.807, 2.05) is 0 Å². The number of esters is 1. The van der Waals surface area contributed by atoms with Gasteiger partial charge in [0.05, 0.1) is 6.61 Å². The summed E-state index contributed by atoms with van der Waals surface area (Å²) in [7, 11) is 0. The number of carbonyl (C=O) groups is 2. The van der Waals surface area contributed by atoms with Gasteiger partial charge in [-0.05, 0) is 6.92 Å². The molecule has 0 aliphatic rings. The molecule has 0 rings (SSSR count). The fourth-order valence-electron chi connectivity index (χ4n) is 0.290. The van der Waals surface area contributed by atoms with E-state index in [1.54, 1.807) is 0 Å². The van der Waals surface area contributed by atoms with Gasteiger partial charge in [-0.25, -0.2) is 9.18 Å². The molecule has 58 valence electrons. The number of rotatable bonds is 3. The van der Waals surface area contributed by atoms with Crippen LogP contribution in [-0.4, -0.2) is 24.7 Å². The zero-order valence-corrected chi connectivity index (χ0v) is 5.46. The molecule has 4 nitrogen and oxygen atoms in total. The first-order valence-corrected chi connectivity index (χ1v) is 2.66. The van der Waals surface area contributed by atoms with Crippen molar-refractivity contribution in [3.63, 3.8) is 0 Å². The summed E-state index contributed by atoms with van der Waals surface area (Å²) in [6.45, 7) is 1.48. The molecular formula is C5H8FNO3. The lowest BCUT2D eigenvalue weighted by Gasteiger charge is -2.09. The van der Waals surface area contributed by atoms with Crippen LogP contribution in [0.1, 0.15) is 6.92 Å². The first kappa shape index (κ1) is 9.03. The maximum Gasteiger partial charge on any atom is 0.366 e. The number of halogens is 1. The minimum atomic E-state index is -2.99. The highest BCUT2D eigenvalue weighted by molar-refractivity contribution is 5.95. The van der Waals surface area contributed by atoms with Crippen LogP contribution in [0.25, 0.3) is 0 Å². The number of hydrogen-bond acceptors (Lipinski definition) is 4. The van der Waals surface area contributed by atoms with Crippen molar-refractivity contribution in [2.24, 2.45) is 5.73 Å². The maximum atomic E-state index is 12.3. The Morgan fingerprint density at radius 3 is 2.70 bits per heavy atom. The normalized spacial score (nSPS) is 15.5. The van der Waals surface area contributed by atoms with Gasteiger partial charge in [-0.1, -0.05) is 0 Å². The van der Waals surface area contributed by atoms with E-state index in [0.29, 0.717) is 0 Å². The Hall–Kier alpha value is -0.970. The molecule has 0 aliphatic carbocycles. The van der Waals surface area contributed by atoms with Crippen LogP contribution >= 0.6 is 0 Å². The molecule has 2 N–H and O–H groups in total. The molecule has 5 heteroatoms. The molecule has 0 amide bonds. The van der Waals surface area contributed by atoms with Gasteiger partial charge in [-0.15, -0.1) is 0 Å². The predicted molar refractivity (Wildman–Crippen MR) is 30.7 cm³/mol. The standard InChI is InChI=1S/C5H8FNO3/c1-2-10-4(9)5(6,7)3-8/h3H,2,7H2,1H3. The largest absolute Gasteiger partial charge is 0.462 e. The van der Waals surface area contributed by atoms with E-state index < -0.39 is 11.8 Å². The van der Waals surface area contributed by atoms with Crippen molar-refractivity contribution in [1.29, 1.82) is 0 Å². The van der Waals surface area contributed by atoms with Crippen LogP contribution in [-0.2, 0) is 14.3 Å². The molecule has 0 bridgehead atoms. The second kappa shape index (κ2) is 3.26. The molecule has 0 fully saturated rings. The highest BCUT2D eigenvalue weighted by Gasteiger charge is 2.34. The third kappa shape index (κ3) is 2.10. The van der Waals surface area contributed by atoms with E-state index in [4.69, 9.17) is 0 Å². The average molecular weight is 149 g/mol. The molecular weight excluding hydrogens is 141 g/mol. The number of hydrogen-bond donors (Lipinski definition) is 1. The van der Waals surface area contributed by atoms with Crippen LogP contribution in [0.5, 0.6) is 0 Å².